The fraction of sp³-hybridized carbons (Fsp3) is 0.0909. The number of rotatable bonds is 6. The maximum Gasteiger partial charge on any atom is 0.271 e. The Morgan fingerprint density at radius 1 is 1.07 bits per heavy atom. The molecular formula is C22H18Cl2N2O2. The molecule has 0 spiro atoms. The number of hydrazone groups is 1. The second-order valence-electron chi connectivity index (χ2n) is 6.11. The van der Waals surface area contributed by atoms with E-state index in [0.717, 1.165) is 16.7 Å². The van der Waals surface area contributed by atoms with E-state index in [1.54, 1.807) is 24.4 Å². The van der Waals surface area contributed by atoms with Crippen LogP contribution >= 0.6 is 23.2 Å². The molecule has 0 heterocycles. The number of amides is 1. The summed E-state index contributed by atoms with van der Waals surface area (Å²) in [7, 11) is 0. The van der Waals surface area contributed by atoms with Gasteiger partial charge in [0.15, 0.2) is 0 Å². The number of hydrogen-bond donors (Lipinski definition) is 1. The average Bonchev–Trinajstić information content (AvgIpc) is 2.68. The minimum atomic E-state index is -0.251. The molecule has 3 rings (SSSR count). The fourth-order valence-corrected chi connectivity index (χ4v) is 3.00. The molecule has 0 unspecified atom stereocenters. The van der Waals surface area contributed by atoms with Gasteiger partial charge in [0.25, 0.3) is 5.91 Å². The maximum atomic E-state index is 12.2. The van der Waals surface area contributed by atoms with Crippen LogP contribution in [0.4, 0.5) is 0 Å². The number of halogens is 2. The zero-order chi connectivity index (χ0) is 19.9. The first kappa shape index (κ1) is 19.9. The molecule has 0 bridgehead atoms. The molecule has 0 aliphatic heterocycles. The van der Waals surface area contributed by atoms with Crippen LogP contribution in [0, 0.1) is 6.92 Å². The number of nitrogens with one attached hydrogen (secondary N) is 1. The van der Waals surface area contributed by atoms with E-state index in [2.05, 4.69) is 10.5 Å². The van der Waals surface area contributed by atoms with Crippen LogP contribution in [0.15, 0.2) is 71.8 Å². The highest BCUT2D eigenvalue weighted by Gasteiger charge is 2.06. The molecule has 0 aliphatic carbocycles. The predicted octanol–water partition coefficient (Wildman–Crippen LogP) is 5.64. The predicted molar refractivity (Wildman–Crippen MR) is 113 cm³/mol. The van der Waals surface area contributed by atoms with Crippen molar-refractivity contribution < 1.29 is 9.53 Å². The van der Waals surface area contributed by atoms with Crippen molar-refractivity contribution in [2.45, 2.75) is 13.5 Å². The van der Waals surface area contributed by atoms with E-state index >= 15 is 0 Å². The van der Waals surface area contributed by atoms with Gasteiger partial charge in [-0.1, -0.05) is 59.6 Å². The Balaban J connectivity index is 1.60. The number of benzene rings is 3. The molecule has 0 fully saturated rings. The summed E-state index contributed by atoms with van der Waals surface area (Å²) < 4.78 is 5.79. The molecule has 0 aromatic heterocycles. The normalized spacial score (nSPS) is 10.8. The summed E-state index contributed by atoms with van der Waals surface area (Å²) in [6.45, 7) is 2.20. The zero-order valence-electron chi connectivity index (χ0n) is 15.2. The first-order valence-corrected chi connectivity index (χ1v) is 9.34. The van der Waals surface area contributed by atoms with Crippen molar-refractivity contribution in [2.75, 3.05) is 0 Å². The summed E-state index contributed by atoms with van der Waals surface area (Å²) in [5.74, 6) is 0.416. The van der Waals surface area contributed by atoms with Crippen molar-refractivity contribution in [3.05, 3.63) is 99.0 Å². The molecule has 28 heavy (non-hydrogen) atoms. The third-order valence-electron chi connectivity index (χ3n) is 4.04. The van der Waals surface area contributed by atoms with Gasteiger partial charge in [0.2, 0.25) is 0 Å². The largest absolute Gasteiger partial charge is 0.489 e. The van der Waals surface area contributed by atoms with Crippen LogP contribution < -0.4 is 10.2 Å². The zero-order valence-corrected chi connectivity index (χ0v) is 16.7. The lowest BCUT2D eigenvalue weighted by Crippen LogP contribution is -2.18. The number of carbonyl (C=O) groups excluding carboxylic acids is 1. The first-order valence-electron chi connectivity index (χ1n) is 8.59. The minimum Gasteiger partial charge on any atom is -0.489 e. The Morgan fingerprint density at radius 3 is 2.68 bits per heavy atom. The molecule has 0 atom stereocenters. The Kier molecular flexibility index (Phi) is 6.69. The monoisotopic (exact) mass is 412 g/mol. The van der Waals surface area contributed by atoms with Crippen molar-refractivity contribution in [3.8, 4) is 5.75 Å². The van der Waals surface area contributed by atoms with E-state index in [4.69, 9.17) is 27.9 Å². The van der Waals surface area contributed by atoms with Gasteiger partial charge < -0.3 is 4.74 Å². The summed E-state index contributed by atoms with van der Waals surface area (Å²) >= 11 is 12.1. The minimum absolute atomic E-state index is 0.251. The van der Waals surface area contributed by atoms with E-state index in [9.17, 15) is 4.79 Å². The molecule has 142 valence electrons. The molecule has 0 saturated heterocycles. The highest BCUT2D eigenvalue weighted by molar-refractivity contribution is 6.35. The molecule has 3 aromatic carbocycles. The van der Waals surface area contributed by atoms with Gasteiger partial charge >= 0.3 is 0 Å². The molecule has 3 aromatic rings. The Labute approximate surface area is 173 Å². The number of hydrogen-bond acceptors (Lipinski definition) is 3. The van der Waals surface area contributed by atoms with Crippen LogP contribution in [0.2, 0.25) is 10.0 Å². The first-order chi connectivity index (χ1) is 13.5. The fourth-order valence-electron chi connectivity index (χ4n) is 2.54. The van der Waals surface area contributed by atoms with Crippen molar-refractivity contribution in [1.82, 2.24) is 5.43 Å². The van der Waals surface area contributed by atoms with Crippen LogP contribution in [0.5, 0.6) is 5.75 Å². The lowest BCUT2D eigenvalue weighted by molar-refractivity contribution is 0.0954. The van der Waals surface area contributed by atoms with E-state index in [0.29, 0.717) is 28.0 Å². The summed E-state index contributed by atoms with van der Waals surface area (Å²) in [5.41, 5.74) is 5.67. The SMILES string of the molecule is Cc1ccccc1C(=O)N/N=C\c1cccc(OCc2ccc(Cl)cc2Cl)c1. The van der Waals surface area contributed by atoms with Gasteiger partial charge in [-0.25, -0.2) is 5.43 Å². The van der Waals surface area contributed by atoms with Gasteiger partial charge in [-0.15, -0.1) is 0 Å². The van der Waals surface area contributed by atoms with Crippen molar-refractivity contribution in [1.29, 1.82) is 0 Å². The van der Waals surface area contributed by atoms with E-state index in [-0.39, 0.29) is 5.91 Å². The van der Waals surface area contributed by atoms with Gasteiger partial charge in [0.05, 0.1) is 6.21 Å². The highest BCUT2D eigenvalue weighted by atomic mass is 35.5. The topological polar surface area (TPSA) is 50.7 Å². The van der Waals surface area contributed by atoms with E-state index in [1.165, 1.54) is 0 Å². The molecule has 6 heteroatoms. The van der Waals surface area contributed by atoms with Gasteiger partial charge in [0.1, 0.15) is 12.4 Å². The molecule has 1 amide bonds. The summed E-state index contributed by atoms with van der Waals surface area (Å²) in [4.78, 5) is 12.2. The van der Waals surface area contributed by atoms with Crippen molar-refractivity contribution in [3.63, 3.8) is 0 Å². The Bertz CT molecular complexity index is 1020. The van der Waals surface area contributed by atoms with E-state index < -0.39 is 0 Å². The quantitative estimate of drug-likeness (QED) is 0.420. The van der Waals surface area contributed by atoms with E-state index in [1.807, 2.05) is 55.5 Å². The maximum absolute atomic E-state index is 12.2. The molecule has 0 aliphatic rings. The van der Waals surface area contributed by atoms with Gasteiger partial charge in [0, 0.05) is 21.2 Å². The third kappa shape index (κ3) is 5.35. The van der Waals surface area contributed by atoms with Crippen LogP contribution in [0.1, 0.15) is 27.0 Å². The highest BCUT2D eigenvalue weighted by Crippen LogP contribution is 2.23. The Morgan fingerprint density at radius 2 is 1.89 bits per heavy atom. The molecule has 4 nitrogen and oxygen atoms in total. The standard InChI is InChI=1S/C22H18Cl2N2O2/c1-15-5-2-3-8-20(15)22(27)26-25-13-16-6-4-7-19(11-16)28-14-17-9-10-18(23)12-21(17)24/h2-13H,14H2,1H3,(H,26,27)/b25-13-. The van der Waals surface area contributed by atoms with Gasteiger partial charge in [-0.3, -0.25) is 4.79 Å². The van der Waals surface area contributed by atoms with Crippen molar-refractivity contribution >= 4 is 35.3 Å². The number of carbonyl (C=O) groups is 1. The lowest BCUT2D eigenvalue weighted by Gasteiger charge is -2.08. The third-order valence-corrected chi connectivity index (χ3v) is 4.62. The van der Waals surface area contributed by atoms with Crippen LogP contribution in [-0.2, 0) is 6.61 Å². The molecule has 0 saturated carbocycles. The second kappa shape index (κ2) is 9.40. The summed E-state index contributed by atoms with van der Waals surface area (Å²) in [6.07, 6.45) is 1.57. The smallest absolute Gasteiger partial charge is 0.271 e. The van der Waals surface area contributed by atoms with Crippen LogP contribution in [0.3, 0.4) is 0 Å². The summed E-state index contributed by atoms with van der Waals surface area (Å²) in [5, 5.41) is 5.17. The summed E-state index contributed by atoms with van der Waals surface area (Å²) in [6, 6.07) is 20.0. The average molecular weight is 413 g/mol. The van der Waals surface area contributed by atoms with Crippen molar-refractivity contribution in [2.24, 2.45) is 5.10 Å². The molecule has 0 radical (unpaired) electrons. The van der Waals surface area contributed by atoms with Crippen LogP contribution in [0.25, 0.3) is 0 Å². The Hall–Kier alpha value is -2.82. The van der Waals surface area contributed by atoms with Crippen LogP contribution in [-0.4, -0.2) is 12.1 Å². The van der Waals surface area contributed by atoms with Gasteiger partial charge in [-0.2, -0.15) is 5.10 Å². The van der Waals surface area contributed by atoms with Gasteiger partial charge in [-0.05, 0) is 48.4 Å². The number of nitrogens with zero attached hydrogens (tertiary/aromatic N) is 1. The number of aryl methyl sites for hydroxylation is 1. The molecule has 1 N–H and O–H groups in total. The lowest BCUT2D eigenvalue weighted by atomic mass is 10.1. The second-order valence-corrected chi connectivity index (χ2v) is 6.95. The molecular weight excluding hydrogens is 395 g/mol. The number of ether oxygens (including phenoxy) is 1.